The lowest BCUT2D eigenvalue weighted by molar-refractivity contribution is 0.0690. The second-order valence-corrected chi connectivity index (χ2v) is 4.34. The first kappa shape index (κ1) is 16.1. The summed E-state index contributed by atoms with van der Waals surface area (Å²) in [6.07, 6.45) is 2.24. The number of rotatable bonds is 8. The molecule has 0 unspecified atom stereocenters. The Kier molecular flexibility index (Phi) is 6.66. The van der Waals surface area contributed by atoms with E-state index in [2.05, 4.69) is 29.0 Å². The summed E-state index contributed by atoms with van der Waals surface area (Å²) in [6, 6.07) is 2.88. The van der Waals surface area contributed by atoms with Crippen LogP contribution in [0, 0.1) is 0 Å². The first-order valence-corrected chi connectivity index (χ1v) is 6.79. The van der Waals surface area contributed by atoms with Crippen molar-refractivity contribution in [1.29, 1.82) is 0 Å². The summed E-state index contributed by atoms with van der Waals surface area (Å²) in [5, 5.41) is 11.7. The Labute approximate surface area is 118 Å². The zero-order chi connectivity index (χ0) is 15.0. The number of amides is 1. The van der Waals surface area contributed by atoms with E-state index in [-0.39, 0.29) is 11.3 Å². The minimum absolute atomic E-state index is 0.0390. The zero-order valence-corrected chi connectivity index (χ0v) is 11.9. The molecule has 0 radical (unpaired) electrons. The van der Waals surface area contributed by atoms with Gasteiger partial charge in [-0.1, -0.05) is 13.8 Å². The number of carboxylic acid groups (broad SMARTS) is 1. The fourth-order valence-electron chi connectivity index (χ4n) is 1.89. The largest absolute Gasteiger partial charge is 0.478 e. The topological polar surface area (TPSA) is 82.5 Å². The molecule has 110 valence electrons. The molecule has 1 aromatic rings. The van der Waals surface area contributed by atoms with Gasteiger partial charge in [0.2, 0.25) is 0 Å². The van der Waals surface area contributed by atoms with Gasteiger partial charge in [-0.15, -0.1) is 0 Å². The van der Waals surface area contributed by atoms with Gasteiger partial charge in [0.05, 0.1) is 5.56 Å². The summed E-state index contributed by atoms with van der Waals surface area (Å²) in [7, 11) is 0. The maximum absolute atomic E-state index is 11.9. The number of hydrogen-bond acceptors (Lipinski definition) is 4. The molecule has 0 aliphatic heterocycles. The van der Waals surface area contributed by atoms with Gasteiger partial charge in [0.1, 0.15) is 5.69 Å². The third-order valence-corrected chi connectivity index (χ3v) is 3.08. The third-order valence-electron chi connectivity index (χ3n) is 3.08. The molecular formula is C14H21N3O3. The Bertz CT molecular complexity index is 459. The van der Waals surface area contributed by atoms with E-state index in [9.17, 15) is 9.59 Å². The van der Waals surface area contributed by atoms with E-state index in [1.165, 1.54) is 18.3 Å². The van der Waals surface area contributed by atoms with Gasteiger partial charge in [0.15, 0.2) is 0 Å². The molecule has 0 saturated heterocycles. The van der Waals surface area contributed by atoms with E-state index < -0.39 is 11.9 Å². The smallest absolute Gasteiger partial charge is 0.338 e. The van der Waals surface area contributed by atoms with Crippen LogP contribution in [0.2, 0.25) is 0 Å². The number of aromatic carboxylic acids is 1. The quantitative estimate of drug-likeness (QED) is 0.700. The van der Waals surface area contributed by atoms with Crippen molar-refractivity contribution in [3.8, 4) is 0 Å². The first-order chi connectivity index (χ1) is 9.60. The molecule has 0 aromatic carbocycles. The van der Waals surface area contributed by atoms with Crippen molar-refractivity contribution in [2.75, 3.05) is 26.2 Å². The molecule has 1 aromatic heterocycles. The average molecular weight is 279 g/mol. The number of pyridine rings is 1. The second kappa shape index (κ2) is 8.27. The molecule has 1 heterocycles. The summed E-state index contributed by atoms with van der Waals surface area (Å²) < 4.78 is 0. The van der Waals surface area contributed by atoms with Crippen LogP contribution in [0.15, 0.2) is 18.3 Å². The Balaban J connectivity index is 2.50. The number of carbonyl (C=O) groups is 2. The van der Waals surface area contributed by atoms with Crippen molar-refractivity contribution in [3.63, 3.8) is 0 Å². The van der Waals surface area contributed by atoms with Crippen LogP contribution in [-0.2, 0) is 0 Å². The Morgan fingerprint density at radius 1 is 1.35 bits per heavy atom. The van der Waals surface area contributed by atoms with Gasteiger partial charge in [-0.2, -0.15) is 0 Å². The van der Waals surface area contributed by atoms with Crippen LogP contribution in [0.4, 0.5) is 0 Å². The van der Waals surface area contributed by atoms with Crippen molar-refractivity contribution < 1.29 is 14.7 Å². The highest BCUT2D eigenvalue weighted by Crippen LogP contribution is 2.05. The number of hydrogen-bond donors (Lipinski definition) is 2. The predicted molar refractivity (Wildman–Crippen MR) is 75.9 cm³/mol. The first-order valence-electron chi connectivity index (χ1n) is 6.79. The minimum atomic E-state index is -1.15. The van der Waals surface area contributed by atoms with Crippen LogP contribution in [-0.4, -0.2) is 53.0 Å². The zero-order valence-electron chi connectivity index (χ0n) is 11.9. The number of nitrogens with one attached hydrogen (secondary N) is 1. The summed E-state index contributed by atoms with van der Waals surface area (Å²) in [6.45, 7) is 7.55. The molecule has 1 amide bonds. The van der Waals surface area contributed by atoms with Crippen molar-refractivity contribution in [2.24, 2.45) is 0 Å². The third kappa shape index (κ3) is 4.62. The lowest BCUT2D eigenvalue weighted by atomic mass is 10.2. The van der Waals surface area contributed by atoms with Gasteiger partial charge in [-0.3, -0.25) is 9.78 Å². The van der Waals surface area contributed by atoms with Gasteiger partial charge in [-0.25, -0.2) is 4.79 Å². The summed E-state index contributed by atoms with van der Waals surface area (Å²) in [4.78, 5) is 29.0. The minimum Gasteiger partial charge on any atom is -0.478 e. The standard InChI is InChI=1S/C14H21N3O3/c1-3-17(4-2)10-6-9-16-13(18)12-11(14(19)20)7-5-8-15-12/h5,7-8H,3-4,6,9-10H2,1-2H3,(H,16,18)(H,19,20). The summed E-state index contributed by atoms with van der Waals surface area (Å²) >= 11 is 0. The van der Waals surface area contributed by atoms with E-state index in [1.807, 2.05) is 0 Å². The number of aromatic nitrogens is 1. The molecule has 0 saturated carbocycles. The van der Waals surface area contributed by atoms with Crippen LogP contribution >= 0.6 is 0 Å². The average Bonchev–Trinajstić information content (AvgIpc) is 2.47. The molecule has 0 spiro atoms. The lowest BCUT2D eigenvalue weighted by Gasteiger charge is -2.17. The van der Waals surface area contributed by atoms with Gasteiger partial charge in [-0.05, 0) is 38.2 Å². The Hall–Kier alpha value is -1.95. The van der Waals surface area contributed by atoms with Gasteiger partial charge < -0.3 is 15.3 Å². The van der Waals surface area contributed by atoms with Crippen LogP contribution in [0.1, 0.15) is 41.1 Å². The van der Waals surface area contributed by atoms with Gasteiger partial charge >= 0.3 is 5.97 Å². The molecular weight excluding hydrogens is 258 g/mol. The SMILES string of the molecule is CCN(CC)CCCNC(=O)c1ncccc1C(=O)O. The molecule has 0 aliphatic rings. The Morgan fingerprint density at radius 2 is 2.05 bits per heavy atom. The molecule has 0 aliphatic carbocycles. The maximum Gasteiger partial charge on any atom is 0.338 e. The van der Waals surface area contributed by atoms with Crippen molar-refractivity contribution in [2.45, 2.75) is 20.3 Å². The normalized spacial score (nSPS) is 10.6. The molecule has 0 fully saturated rings. The van der Waals surface area contributed by atoms with E-state index in [0.717, 1.165) is 26.1 Å². The number of nitrogens with zero attached hydrogens (tertiary/aromatic N) is 2. The lowest BCUT2D eigenvalue weighted by Crippen LogP contribution is -2.31. The Morgan fingerprint density at radius 3 is 2.65 bits per heavy atom. The van der Waals surface area contributed by atoms with Crippen LogP contribution in [0.3, 0.4) is 0 Å². The summed E-state index contributed by atoms with van der Waals surface area (Å²) in [5.41, 5.74) is -0.114. The van der Waals surface area contributed by atoms with E-state index in [0.29, 0.717) is 6.54 Å². The summed E-state index contributed by atoms with van der Waals surface area (Å²) in [5.74, 6) is -1.59. The molecule has 0 atom stereocenters. The van der Waals surface area contributed by atoms with Crippen LogP contribution < -0.4 is 5.32 Å². The second-order valence-electron chi connectivity index (χ2n) is 4.34. The molecule has 6 nitrogen and oxygen atoms in total. The monoisotopic (exact) mass is 279 g/mol. The van der Waals surface area contributed by atoms with Crippen molar-refractivity contribution in [1.82, 2.24) is 15.2 Å². The van der Waals surface area contributed by atoms with Gasteiger partial charge in [0.25, 0.3) is 5.91 Å². The van der Waals surface area contributed by atoms with E-state index in [4.69, 9.17) is 5.11 Å². The number of carboxylic acids is 1. The molecule has 2 N–H and O–H groups in total. The van der Waals surface area contributed by atoms with Crippen LogP contribution in [0.5, 0.6) is 0 Å². The van der Waals surface area contributed by atoms with Crippen molar-refractivity contribution >= 4 is 11.9 Å². The molecule has 0 bridgehead atoms. The molecule has 6 heteroatoms. The highest BCUT2D eigenvalue weighted by atomic mass is 16.4. The molecule has 20 heavy (non-hydrogen) atoms. The highest BCUT2D eigenvalue weighted by molar-refractivity contribution is 6.03. The molecule has 1 rings (SSSR count). The van der Waals surface area contributed by atoms with E-state index in [1.54, 1.807) is 0 Å². The fourth-order valence-corrected chi connectivity index (χ4v) is 1.89. The fraction of sp³-hybridized carbons (Fsp3) is 0.500. The van der Waals surface area contributed by atoms with E-state index >= 15 is 0 Å². The maximum atomic E-state index is 11.9. The van der Waals surface area contributed by atoms with Gasteiger partial charge in [0, 0.05) is 12.7 Å². The number of carbonyl (C=O) groups excluding carboxylic acids is 1. The van der Waals surface area contributed by atoms with Crippen LogP contribution in [0.25, 0.3) is 0 Å². The highest BCUT2D eigenvalue weighted by Gasteiger charge is 2.16. The van der Waals surface area contributed by atoms with Crippen molar-refractivity contribution in [3.05, 3.63) is 29.6 Å². The predicted octanol–water partition coefficient (Wildman–Crippen LogP) is 1.24.